The summed E-state index contributed by atoms with van der Waals surface area (Å²) in [5, 5.41) is 9.59. The molecule has 0 fully saturated rings. The lowest BCUT2D eigenvalue weighted by Gasteiger charge is -2.25. The Morgan fingerprint density at radius 3 is 2.10 bits per heavy atom. The summed E-state index contributed by atoms with van der Waals surface area (Å²) in [5.74, 6) is 0.0306. The van der Waals surface area contributed by atoms with E-state index in [9.17, 15) is 9.90 Å². The van der Waals surface area contributed by atoms with Gasteiger partial charge in [0.15, 0.2) is 0 Å². The number of allylic oxidation sites excluding steroid dienone is 2. The van der Waals surface area contributed by atoms with Crippen molar-refractivity contribution in [2.24, 2.45) is 0 Å². The van der Waals surface area contributed by atoms with Gasteiger partial charge in [-0.2, -0.15) is 0 Å². The molecule has 4 nitrogen and oxygen atoms in total. The van der Waals surface area contributed by atoms with Crippen molar-refractivity contribution in [2.75, 3.05) is 27.4 Å². The first-order chi connectivity index (χ1) is 14.4. The molecule has 2 atom stereocenters. The number of hydrogen-bond acceptors (Lipinski definition) is 3. The van der Waals surface area contributed by atoms with E-state index in [1.807, 2.05) is 0 Å². The first kappa shape index (κ1) is 30.0. The molecule has 0 heterocycles. The van der Waals surface area contributed by atoms with Crippen molar-refractivity contribution in [3.8, 4) is 0 Å². The Balaban J connectivity index is 3.60. The molecule has 0 aromatic heterocycles. The third-order valence-corrected chi connectivity index (χ3v) is 6.15. The number of aliphatic hydroxyl groups excluding tert-OH is 1. The maximum Gasteiger partial charge on any atom is 0.223 e. The molecule has 0 aromatic rings. The van der Waals surface area contributed by atoms with Gasteiger partial charge in [-0.3, -0.25) is 4.79 Å². The van der Waals surface area contributed by atoms with Gasteiger partial charge in [0, 0.05) is 26.0 Å². The summed E-state index contributed by atoms with van der Waals surface area (Å²) in [5.41, 5.74) is 0. The summed E-state index contributed by atoms with van der Waals surface area (Å²) in [6.45, 7) is 0.261. The number of amides is 1. The standard InChI is InChI=1S/C23H42Cl3NO3/c1-27(21(18-28)19-30-2)23(29)17-13-9-4-3-6-10-14-20(24)15-11-7-5-8-12-16-22(25)26/h4,9,20-22,28H,3,5-8,10-19H2,1-2H3. The molecule has 178 valence electrons. The van der Waals surface area contributed by atoms with Gasteiger partial charge < -0.3 is 14.7 Å². The van der Waals surface area contributed by atoms with Gasteiger partial charge in [-0.05, 0) is 38.5 Å². The van der Waals surface area contributed by atoms with Crippen molar-refractivity contribution >= 4 is 40.7 Å². The van der Waals surface area contributed by atoms with E-state index in [1.165, 1.54) is 25.7 Å². The average molecular weight is 487 g/mol. The number of hydrogen-bond donors (Lipinski definition) is 1. The van der Waals surface area contributed by atoms with Gasteiger partial charge in [0.2, 0.25) is 5.91 Å². The zero-order chi connectivity index (χ0) is 22.6. The van der Waals surface area contributed by atoms with Crippen LogP contribution in [0.4, 0.5) is 0 Å². The third kappa shape index (κ3) is 17.7. The minimum absolute atomic E-state index is 0.0306. The number of unbranched alkanes of at least 4 members (excludes halogenated alkanes) is 6. The van der Waals surface area contributed by atoms with E-state index in [4.69, 9.17) is 39.5 Å². The highest BCUT2D eigenvalue weighted by Gasteiger charge is 2.18. The van der Waals surface area contributed by atoms with Crippen LogP contribution in [0.25, 0.3) is 0 Å². The van der Waals surface area contributed by atoms with Gasteiger partial charge in [0.1, 0.15) is 4.84 Å². The highest BCUT2D eigenvalue weighted by molar-refractivity contribution is 6.44. The number of halogens is 3. The lowest BCUT2D eigenvalue weighted by Crippen LogP contribution is -2.42. The minimum Gasteiger partial charge on any atom is -0.394 e. The molecule has 0 spiro atoms. The lowest BCUT2D eigenvalue weighted by molar-refractivity contribution is -0.133. The summed E-state index contributed by atoms with van der Waals surface area (Å²) >= 11 is 17.9. The van der Waals surface area contributed by atoms with Crippen molar-refractivity contribution in [1.29, 1.82) is 0 Å². The van der Waals surface area contributed by atoms with Crippen molar-refractivity contribution in [1.82, 2.24) is 4.90 Å². The second-order valence-corrected chi connectivity index (χ2v) is 9.82. The Hall–Kier alpha value is -0.000000000000000111. The van der Waals surface area contributed by atoms with Crippen molar-refractivity contribution in [3.05, 3.63) is 12.2 Å². The van der Waals surface area contributed by atoms with E-state index in [1.54, 1.807) is 19.1 Å². The fourth-order valence-electron chi connectivity index (χ4n) is 3.27. The molecule has 0 radical (unpaired) electrons. The quantitative estimate of drug-likeness (QED) is 0.121. The Morgan fingerprint density at radius 1 is 0.933 bits per heavy atom. The van der Waals surface area contributed by atoms with E-state index >= 15 is 0 Å². The zero-order valence-electron chi connectivity index (χ0n) is 18.8. The van der Waals surface area contributed by atoms with Crippen LogP contribution in [-0.4, -0.2) is 59.5 Å². The van der Waals surface area contributed by atoms with Crippen LogP contribution in [0.1, 0.15) is 83.5 Å². The zero-order valence-corrected chi connectivity index (χ0v) is 21.1. The van der Waals surface area contributed by atoms with Gasteiger partial charge in [-0.1, -0.05) is 50.7 Å². The summed E-state index contributed by atoms with van der Waals surface area (Å²) in [6.07, 6.45) is 17.7. The van der Waals surface area contributed by atoms with Crippen LogP contribution < -0.4 is 0 Å². The maximum absolute atomic E-state index is 12.1. The van der Waals surface area contributed by atoms with Crippen molar-refractivity contribution < 1.29 is 14.6 Å². The Labute approximate surface area is 199 Å². The number of aliphatic hydroxyl groups is 1. The molecule has 0 saturated heterocycles. The first-order valence-electron chi connectivity index (χ1n) is 11.3. The molecular weight excluding hydrogens is 445 g/mol. The normalized spacial score (nSPS) is 13.8. The molecular formula is C23H42Cl3NO3. The molecule has 7 heteroatoms. The molecule has 30 heavy (non-hydrogen) atoms. The molecule has 0 aromatic carbocycles. The molecule has 0 saturated carbocycles. The number of ether oxygens (including phenoxy) is 1. The molecule has 0 aliphatic rings. The second kappa shape index (κ2) is 20.9. The van der Waals surface area contributed by atoms with E-state index in [0.717, 1.165) is 51.4 Å². The predicted molar refractivity (Wildman–Crippen MR) is 130 cm³/mol. The fraction of sp³-hybridized carbons (Fsp3) is 0.870. The van der Waals surface area contributed by atoms with Crippen LogP contribution >= 0.6 is 34.8 Å². The monoisotopic (exact) mass is 485 g/mol. The van der Waals surface area contributed by atoms with Gasteiger partial charge in [-0.15, -0.1) is 34.8 Å². The van der Waals surface area contributed by atoms with Gasteiger partial charge in [-0.25, -0.2) is 0 Å². The van der Waals surface area contributed by atoms with E-state index in [2.05, 4.69) is 12.2 Å². The van der Waals surface area contributed by atoms with Crippen LogP contribution in [0.15, 0.2) is 12.2 Å². The number of carbonyl (C=O) groups excluding carboxylic acids is 1. The number of rotatable bonds is 20. The van der Waals surface area contributed by atoms with Crippen LogP contribution in [-0.2, 0) is 9.53 Å². The number of alkyl halides is 3. The smallest absolute Gasteiger partial charge is 0.223 e. The Bertz CT molecular complexity index is 436. The highest BCUT2D eigenvalue weighted by Crippen LogP contribution is 2.18. The molecule has 2 unspecified atom stereocenters. The summed E-state index contributed by atoms with van der Waals surface area (Å²) in [6, 6.07) is -0.274. The Kier molecular flexibility index (Phi) is 20.9. The third-order valence-electron chi connectivity index (χ3n) is 5.28. The predicted octanol–water partition coefficient (Wildman–Crippen LogP) is 6.49. The summed E-state index contributed by atoms with van der Waals surface area (Å²) in [4.78, 5) is 13.5. The van der Waals surface area contributed by atoms with Crippen LogP contribution in [0.5, 0.6) is 0 Å². The van der Waals surface area contributed by atoms with Crippen LogP contribution in [0.2, 0.25) is 0 Å². The fourth-order valence-corrected chi connectivity index (χ4v) is 3.89. The van der Waals surface area contributed by atoms with Crippen LogP contribution in [0, 0.1) is 0 Å². The van der Waals surface area contributed by atoms with Gasteiger partial charge in [0.25, 0.3) is 0 Å². The molecule has 0 aliphatic carbocycles. The van der Waals surface area contributed by atoms with E-state index < -0.39 is 0 Å². The SMILES string of the molecule is COCC(CO)N(C)C(=O)CCC=CCCCCC(Cl)CCCCCCCC(Cl)Cl. The number of carbonyl (C=O) groups is 1. The molecule has 1 N–H and O–H groups in total. The van der Waals surface area contributed by atoms with Crippen molar-refractivity contribution in [2.45, 2.75) is 99.7 Å². The molecule has 0 rings (SSSR count). The van der Waals surface area contributed by atoms with Crippen LogP contribution in [0.3, 0.4) is 0 Å². The van der Waals surface area contributed by atoms with E-state index in [-0.39, 0.29) is 28.8 Å². The van der Waals surface area contributed by atoms with Gasteiger partial charge in [0.05, 0.1) is 19.3 Å². The number of methoxy groups -OCH3 is 1. The van der Waals surface area contributed by atoms with Crippen molar-refractivity contribution in [3.63, 3.8) is 0 Å². The molecule has 1 amide bonds. The maximum atomic E-state index is 12.1. The average Bonchev–Trinajstić information content (AvgIpc) is 2.72. The Morgan fingerprint density at radius 2 is 1.50 bits per heavy atom. The highest BCUT2D eigenvalue weighted by atomic mass is 35.5. The van der Waals surface area contributed by atoms with Gasteiger partial charge >= 0.3 is 0 Å². The number of nitrogens with zero attached hydrogens (tertiary/aromatic N) is 1. The first-order valence-corrected chi connectivity index (χ1v) is 12.7. The second-order valence-electron chi connectivity index (χ2n) is 7.92. The lowest BCUT2D eigenvalue weighted by atomic mass is 10.0. The number of likely N-dealkylation sites (N-methyl/N-ethyl adjacent to an activating group) is 1. The van der Waals surface area contributed by atoms with E-state index in [0.29, 0.717) is 13.0 Å². The molecule has 0 bridgehead atoms. The summed E-state index contributed by atoms with van der Waals surface area (Å²) < 4.78 is 5.03. The topological polar surface area (TPSA) is 49.8 Å². The minimum atomic E-state index is -0.274. The molecule has 0 aliphatic heterocycles. The largest absolute Gasteiger partial charge is 0.394 e. The summed E-state index contributed by atoms with van der Waals surface area (Å²) in [7, 11) is 3.28.